The lowest BCUT2D eigenvalue weighted by Crippen LogP contribution is -2.31. The molecular formula is C38H32N4O3. The van der Waals surface area contributed by atoms with Gasteiger partial charge in [-0.2, -0.15) is 0 Å². The summed E-state index contributed by atoms with van der Waals surface area (Å²) in [7, 11) is 1.60. The molecule has 45 heavy (non-hydrogen) atoms. The summed E-state index contributed by atoms with van der Waals surface area (Å²) in [5.41, 5.74) is 6.66. The van der Waals surface area contributed by atoms with Crippen LogP contribution in [0.4, 0.5) is 5.69 Å². The number of hydrogen-bond acceptors (Lipinski definition) is 4. The van der Waals surface area contributed by atoms with E-state index in [0.29, 0.717) is 43.1 Å². The summed E-state index contributed by atoms with van der Waals surface area (Å²) < 4.78 is 7.82. The average Bonchev–Trinajstić information content (AvgIpc) is 3.41. The number of methoxy groups -OCH3 is 1. The summed E-state index contributed by atoms with van der Waals surface area (Å²) >= 11 is 0. The third kappa shape index (κ3) is 5.45. The molecule has 6 aromatic rings. The number of amides is 2. The van der Waals surface area contributed by atoms with Gasteiger partial charge >= 0.3 is 0 Å². The number of pyridine rings is 1. The number of rotatable bonds is 7. The zero-order valence-corrected chi connectivity index (χ0v) is 24.9. The van der Waals surface area contributed by atoms with Gasteiger partial charge in [-0.1, -0.05) is 72.8 Å². The molecule has 2 aromatic heterocycles. The monoisotopic (exact) mass is 592 g/mol. The SMILES string of the molecule is COc1cc(-c2cccc3ccccc23)ccc1C(=O)N1Cc2ccc(C(=O)NCCc3ccccn3)n2Cc2ccccc21. The second-order valence-corrected chi connectivity index (χ2v) is 11.1. The van der Waals surface area contributed by atoms with E-state index >= 15 is 0 Å². The molecule has 7 heteroatoms. The maximum absolute atomic E-state index is 14.3. The highest BCUT2D eigenvalue weighted by Gasteiger charge is 2.29. The third-order valence-electron chi connectivity index (χ3n) is 8.41. The number of hydrogen-bond donors (Lipinski definition) is 1. The van der Waals surface area contributed by atoms with E-state index in [4.69, 9.17) is 4.74 Å². The summed E-state index contributed by atoms with van der Waals surface area (Å²) in [5, 5.41) is 5.33. The summed E-state index contributed by atoms with van der Waals surface area (Å²) in [6.07, 6.45) is 2.40. The van der Waals surface area contributed by atoms with Gasteiger partial charge in [-0.3, -0.25) is 14.6 Å². The van der Waals surface area contributed by atoms with Gasteiger partial charge in [0.05, 0.1) is 25.8 Å². The molecular weight excluding hydrogens is 560 g/mol. The first kappa shape index (κ1) is 28.1. The quantitative estimate of drug-likeness (QED) is 0.219. The second-order valence-electron chi connectivity index (χ2n) is 11.1. The van der Waals surface area contributed by atoms with Crippen LogP contribution in [0.1, 0.15) is 37.8 Å². The highest BCUT2D eigenvalue weighted by Crippen LogP contribution is 2.35. The van der Waals surface area contributed by atoms with Crippen molar-refractivity contribution in [2.75, 3.05) is 18.6 Å². The van der Waals surface area contributed by atoms with Gasteiger partial charge in [-0.05, 0) is 69.9 Å². The van der Waals surface area contributed by atoms with Crippen molar-refractivity contribution in [3.8, 4) is 16.9 Å². The van der Waals surface area contributed by atoms with Crippen LogP contribution in [0, 0.1) is 0 Å². The molecule has 0 bridgehead atoms. The van der Waals surface area contributed by atoms with Crippen LogP contribution in [0.25, 0.3) is 21.9 Å². The first-order valence-electron chi connectivity index (χ1n) is 15.0. The molecule has 0 fully saturated rings. The van der Waals surface area contributed by atoms with Crippen molar-refractivity contribution in [1.29, 1.82) is 0 Å². The number of anilines is 1. The maximum Gasteiger partial charge on any atom is 0.267 e. The number of nitrogens with one attached hydrogen (secondary N) is 1. The van der Waals surface area contributed by atoms with Crippen LogP contribution in [0.5, 0.6) is 5.75 Å². The Hall–Kier alpha value is -5.69. The molecule has 0 aliphatic carbocycles. The first-order valence-corrected chi connectivity index (χ1v) is 15.0. The predicted octanol–water partition coefficient (Wildman–Crippen LogP) is 6.89. The van der Waals surface area contributed by atoms with Crippen LogP contribution in [-0.4, -0.2) is 35.0 Å². The van der Waals surface area contributed by atoms with Gasteiger partial charge in [0.25, 0.3) is 11.8 Å². The number of nitrogens with zero attached hydrogens (tertiary/aromatic N) is 3. The van der Waals surface area contributed by atoms with Gasteiger partial charge in [-0.25, -0.2) is 0 Å². The first-order chi connectivity index (χ1) is 22.1. The Morgan fingerprint density at radius 1 is 0.844 bits per heavy atom. The zero-order chi connectivity index (χ0) is 30.8. The molecule has 7 nitrogen and oxygen atoms in total. The van der Waals surface area contributed by atoms with E-state index < -0.39 is 0 Å². The van der Waals surface area contributed by atoms with Crippen LogP contribution in [0.3, 0.4) is 0 Å². The van der Waals surface area contributed by atoms with Crippen LogP contribution in [-0.2, 0) is 19.5 Å². The minimum Gasteiger partial charge on any atom is -0.496 e. The molecule has 4 aromatic carbocycles. The highest BCUT2D eigenvalue weighted by molar-refractivity contribution is 6.09. The molecule has 0 atom stereocenters. The van der Waals surface area contributed by atoms with Gasteiger partial charge in [0.1, 0.15) is 11.4 Å². The van der Waals surface area contributed by atoms with E-state index in [2.05, 4.69) is 34.6 Å². The van der Waals surface area contributed by atoms with E-state index in [0.717, 1.165) is 44.5 Å². The van der Waals surface area contributed by atoms with Crippen LogP contribution in [0.15, 0.2) is 121 Å². The molecule has 1 N–H and O–H groups in total. The van der Waals surface area contributed by atoms with Crippen molar-refractivity contribution in [1.82, 2.24) is 14.9 Å². The number of para-hydroxylation sites is 1. The topological polar surface area (TPSA) is 76.5 Å². The Kier molecular flexibility index (Phi) is 7.57. The average molecular weight is 593 g/mol. The molecule has 1 aliphatic heterocycles. The molecule has 0 saturated heterocycles. The summed E-state index contributed by atoms with van der Waals surface area (Å²) in [4.78, 5) is 33.7. The number of carbonyl (C=O) groups excluding carboxylic acids is 2. The van der Waals surface area contributed by atoms with Crippen molar-refractivity contribution >= 4 is 28.3 Å². The van der Waals surface area contributed by atoms with E-state index in [1.54, 1.807) is 18.2 Å². The van der Waals surface area contributed by atoms with E-state index in [9.17, 15) is 9.59 Å². The Balaban J connectivity index is 1.18. The largest absolute Gasteiger partial charge is 0.496 e. The van der Waals surface area contributed by atoms with Gasteiger partial charge in [0.2, 0.25) is 0 Å². The Labute approximate surface area is 261 Å². The molecule has 222 valence electrons. The van der Waals surface area contributed by atoms with Gasteiger partial charge < -0.3 is 19.5 Å². The second kappa shape index (κ2) is 12.1. The van der Waals surface area contributed by atoms with Crippen LogP contribution >= 0.6 is 0 Å². The minimum absolute atomic E-state index is 0.153. The van der Waals surface area contributed by atoms with Crippen molar-refractivity contribution in [2.24, 2.45) is 0 Å². The van der Waals surface area contributed by atoms with Gasteiger partial charge in [0, 0.05) is 36.2 Å². The molecule has 1 aliphatic rings. The number of fused-ring (bicyclic) bond motifs is 3. The fourth-order valence-corrected chi connectivity index (χ4v) is 6.14. The van der Waals surface area contributed by atoms with Crippen molar-refractivity contribution in [2.45, 2.75) is 19.5 Å². The Morgan fingerprint density at radius 2 is 1.67 bits per heavy atom. The van der Waals surface area contributed by atoms with E-state index in [1.807, 2.05) is 95.6 Å². The summed E-state index contributed by atoms with van der Waals surface area (Å²) in [5.74, 6) is 0.190. The summed E-state index contributed by atoms with van der Waals surface area (Å²) in [6.45, 7) is 1.26. The third-order valence-corrected chi connectivity index (χ3v) is 8.41. The lowest BCUT2D eigenvalue weighted by Gasteiger charge is -2.24. The Morgan fingerprint density at radius 3 is 2.53 bits per heavy atom. The minimum atomic E-state index is -0.167. The highest BCUT2D eigenvalue weighted by atomic mass is 16.5. The lowest BCUT2D eigenvalue weighted by molar-refractivity contribution is 0.0944. The van der Waals surface area contributed by atoms with Crippen LogP contribution in [0.2, 0.25) is 0 Å². The molecule has 0 unspecified atom stereocenters. The molecule has 0 radical (unpaired) electrons. The fourth-order valence-electron chi connectivity index (χ4n) is 6.14. The number of aromatic nitrogens is 2. The maximum atomic E-state index is 14.3. The molecule has 3 heterocycles. The predicted molar refractivity (Wildman–Crippen MR) is 177 cm³/mol. The smallest absolute Gasteiger partial charge is 0.267 e. The molecule has 2 amide bonds. The summed E-state index contributed by atoms with van der Waals surface area (Å²) in [6, 6.07) is 37.7. The molecule has 0 spiro atoms. The van der Waals surface area contributed by atoms with Gasteiger partial charge in [0.15, 0.2) is 0 Å². The number of ether oxygens (including phenoxy) is 1. The van der Waals surface area contributed by atoms with Crippen molar-refractivity contribution in [3.05, 3.63) is 150 Å². The zero-order valence-electron chi connectivity index (χ0n) is 24.9. The van der Waals surface area contributed by atoms with E-state index in [1.165, 1.54) is 0 Å². The molecule has 0 saturated carbocycles. The standard InChI is InChI=1S/C38H32N4O3/c1-45-36-23-27(32-14-8-11-26-9-2-4-13-31(26)32)16-18-33(36)38(44)42-25-30-17-19-35(41(30)24-28-10-3-5-15-34(28)42)37(43)40-22-20-29-12-6-7-21-39-29/h2-19,21,23H,20,22,24-25H2,1H3,(H,40,43). The van der Waals surface area contributed by atoms with Gasteiger partial charge in [-0.15, -0.1) is 0 Å². The van der Waals surface area contributed by atoms with Crippen molar-refractivity contribution < 1.29 is 14.3 Å². The fraction of sp³-hybridized carbons (Fsp3) is 0.132. The number of carbonyl (C=O) groups is 2. The normalized spacial score (nSPS) is 12.2. The Bertz CT molecular complexity index is 2030. The van der Waals surface area contributed by atoms with Crippen molar-refractivity contribution in [3.63, 3.8) is 0 Å². The van der Waals surface area contributed by atoms with Crippen LogP contribution < -0.4 is 15.0 Å². The lowest BCUT2D eigenvalue weighted by atomic mass is 9.97. The number of benzene rings is 4. The van der Waals surface area contributed by atoms with E-state index in [-0.39, 0.29) is 11.8 Å². The molecule has 7 rings (SSSR count).